The Morgan fingerprint density at radius 3 is 2.58 bits per heavy atom. The third kappa shape index (κ3) is 3.57. The minimum atomic E-state index is -1.04. The molecular formula is C25H29N3O4S. The number of amides is 2. The zero-order chi connectivity index (χ0) is 23.2. The fourth-order valence-corrected chi connectivity index (χ4v) is 5.87. The average molecular weight is 468 g/mol. The van der Waals surface area contributed by atoms with Crippen LogP contribution in [0.1, 0.15) is 48.0 Å². The summed E-state index contributed by atoms with van der Waals surface area (Å²) in [6.45, 7) is 2.61. The number of thiophene rings is 1. The number of hydrogen-bond acceptors (Lipinski definition) is 5. The van der Waals surface area contributed by atoms with Crippen LogP contribution >= 0.6 is 11.3 Å². The van der Waals surface area contributed by atoms with Gasteiger partial charge in [-0.05, 0) is 49.4 Å². The number of carbonyl (C=O) groups excluding carboxylic acids is 2. The Balaban J connectivity index is 1.64. The second kappa shape index (κ2) is 8.41. The zero-order valence-electron chi connectivity index (χ0n) is 19.2. The Morgan fingerprint density at radius 1 is 1.18 bits per heavy atom. The van der Waals surface area contributed by atoms with Crippen LogP contribution in [0, 0.1) is 0 Å². The standard InChI is InChI=1S/C25H29N3O4S/c1-25(24(30)26-16-7-4-5-8-16)15-27-19(23(29)28(25)14-17-9-6-12-33-17)13-18-20(31-2)10-11-21(32-3)22(18)27/h6,9-13,16H,4-5,7-8,14-15H2,1-3H3,(H,26,30). The van der Waals surface area contributed by atoms with Crippen molar-refractivity contribution in [1.82, 2.24) is 14.8 Å². The molecule has 1 saturated carbocycles. The molecule has 0 bridgehead atoms. The van der Waals surface area contributed by atoms with Gasteiger partial charge < -0.3 is 24.3 Å². The van der Waals surface area contributed by atoms with Crippen molar-refractivity contribution in [3.05, 3.63) is 46.3 Å². The maximum absolute atomic E-state index is 13.9. The van der Waals surface area contributed by atoms with Crippen molar-refractivity contribution in [2.24, 2.45) is 0 Å². The summed E-state index contributed by atoms with van der Waals surface area (Å²) in [4.78, 5) is 30.4. The highest BCUT2D eigenvalue weighted by molar-refractivity contribution is 7.09. The van der Waals surface area contributed by atoms with Gasteiger partial charge in [0.1, 0.15) is 22.7 Å². The number of aromatic nitrogens is 1. The fourth-order valence-electron chi connectivity index (χ4n) is 5.17. The van der Waals surface area contributed by atoms with E-state index in [1.165, 1.54) is 0 Å². The van der Waals surface area contributed by atoms with Gasteiger partial charge in [-0.25, -0.2) is 0 Å². The van der Waals surface area contributed by atoms with Crippen molar-refractivity contribution in [1.29, 1.82) is 0 Å². The predicted molar refractivity (Wildman–Crippen MR) is 128 cm³/mol. The Labute approximate surface area is 197 Å². The SMILES string of the molecule is COc1ccc(OC)c2c1cc1n2CC(C)(C(=O)NC2CCCC2)N(Cc2cccs2)C1=O. The zero-order valence-corrected chi connectivity index (χ0v) is 20.0. The van der Waals surface area contributed by atoms with Crippen LogP contribution in [0.25, 0.3) is 10.9 Å². The van der Waals surface area contributed by atoms with Crippen molar-refractivity contribution >= 4 is 34.1 Å². The van der Waals surface area contributed by atoms with E-state index in [4.69, 9.17) is 9.47 Å². The molecule has 0 spiro atoms. The summed E-state index contributed by atoms with van der Waals surface area (Å²) in [7, 11) is 3.23. The first-order chi connectivity index (χ1) is 16.0. The van der Waals surface area contributed by atoms with Gasteiger partial charge in [-0.15, -0.1) is 11.3 Å². The lowest BCUT2D eigenvalue weighted by molar-refractivity contribution is -0.133. The minimum Gasteiger partial charge on any atom is -0.496 e. The van der Waals surface area contributed by atoms with Gasteiger partial charge in [-0.1, -0.05) is 18.9 Å². The van der Waals surface area contributed by atoms with Crippen molar-refractivity contribution in [2.75, 3.05) is 14.2 Å². The molecule has 1 atom stereocenters. The Hall–Kier alpha value is -3.00. The molecule has 7 nitrogen and oxygen atoms in total. The summed E-state index contributed by atoms with van der Waals surface area (Å²) in [6.07, 6.45) is 4.23. The first kappa shape index (κ1) is 21.8. The van der Waals surface area contributed by atoms with Crippen molar-refractivity contribution in [2.45, 2.75) is 57.3 Å². The van der Waals surface area contributed by atoms with E-state index in [2.05, 4.69) is 5.32 Å². The lowest BCUT2D eigenvalue weighted by atomic mass is 9.94. The molecule has 2 aliphatic rings. The molecule has 1 aliphatic carbocycles. The highest BCUT2D eigenvalue weighted by Gasteiger charge is 2.48. The number of rotatable bonds is 6. The summed E-state index contributed by atoms with van der Waals surface area (Å²) in [5, 5.41) is 6.04. The third-order valence-corrected chi connectivity index (χ3v) is 7.88. The highest BCUT2D eigenvalue weighted by Crippen LogP contribution is 2.40. The molecule has 1 aliphatic heterocycles. The van der Waals surface area contributed by atoms with Crippen LogP contribution in [0.2, 0.25) is 0 Å². The molecule has 1 aromatic carbocycles. The summed E-state index contributed by atoms with van der Waals surface area (Å²) < 4.78 is 13.1. The largest absolute Gasteiger partial charge is 0.496 e. The van der Waals surface area contributed by atoms with Crippen LogP contribution < -0.4 is 14.8 Å². The van der Waals surface area contributed by atoms with Crippen molar-refractivity contribution < 1.29 is 19.1 Å². The number of benzene rings is 1. The lowest BCUT2D eigenvalue weighted by Gasteiger charge is -2.44. The second-order valence-electron chi connectivity index (χ2n) is 9.05. The number of methoxy groups -OCH3 is 2. The Kier molecular flexibility index (Phi) is 5.56. The summed E-state index contributed by atoms with van der Waals surface area (Å²) in [5.74, 6) is 1.05. The van der Waals surface area contributed by atoms with E-state index in [0.29, 0.717) is 30.3 Å². The summed E-state index contributed by atoms with van der Waals surface area (Å²) in [5.41, 5.74) is 0.267. The number of ether oxygens (including phenoxy) is 2. The van der Waals surface area contributed by atoms with Crippen LogP contribution in [-0.4, -0.2) is 47.1 Å². The molecule has 1 N–H and O–H groups in total. The van der Waals surface area contributed by atoms with Crippen LogP contribution in [0.4, 0.5) is 0 Å². The number of fused-ring (bicyclic) bond motifs is 3. The average Bonchev–Trinajstić information content (AvgIpc) is 3.58. The van der Waals surface area contributed by atoms with Gasteiger partial charge in [0.05, 0.1) is 32.8 Å². The first-order valence-electron chi connectivity index (χ1n) is 11.4. The fraction of sp³-hybridized carbons (Fsp3) is 0.440. The molecule has 2 aromatic heterocycles. The highest BCUT2D eigenvalue weighted by atomic mass is 32.1. The molecule has 0 radical (unpaired) electrons. The van der Waals surface area contributed by atoms with Gasteiger partial charge in [0, 0.05) is 16.3 Å². The van der Waals surface area contributed by atoms with E-state index in [0.717, 1.165) is 41.5 Å². The molecule has 3 heterocycles. The van der Waals surface area contributed by atoms with E-state index >= 15 is 0 Å². The normalized spacial score (nSPS) is 20.8. The topological polar surface area (TPSA) is 72.8 Å². The van der Waals surface area contributed by atoms with Gasteiger partial charge in [-0.2, -0.15) is 0 Å². The van der Waals surface area contributed by atoms with E-state index < -0.39 is 5.54 Å². The summed E-state index contributed by atoms with van der Waals surface area (Å²) >= 11 is 1.59. The lowest BCUT2D eigenvalue weighted by Crippen LogP contribution is -2.64. The smallest absolute Gasteiger partial charge is 0.271 e. The molecule has 3 aromatic rings. The number of nitrogens with one attached hydrogen (secondary N) is 1. The van der Waals surface area contributed by atoms with Crippen LogP contribution in [0.3, 0.4) is 0 Å². The third-order valence-electron chi connectivity index (χ3n) is 7.02. The molecule has 33 heavy (non-hydrogen) atoms. The van der Waals surface area contributed by atoms with Crippen molar-refractivity contribution in [3.8, 4) is 11.5 Å². The minimum absolute atomic E-state index is 0.103. The van der Waals surface area contributed by atoms with E-state index in [-0.39, 0.29) is 17.9 Å². The maximum Gasteiger partial charge on any atom is 0.271 e. The number of hydrogen-bond donors (Lipinski definition) is 1. The van der Waals surface area contributed by atoms with Crippen LogP contribution in [0.15, 0.2) is 35.7 Å². The maximum atomic E-state index is 13.9. The molecule has 8 heteroatoms. The van der Waals surface area contributed by atoms with Crippen molar-refractivity contribution in [3.63, 3.8) is 0 Å². The van der Waals surface area contributed by atoms with Gasteiger partial charge in [0.25, 0.3) is 5.91 Å². The van der Waals surface area contributed by atoms with Gasteiger partial charge >= 0.3 is 0 Å². The van der Waals surface area contributed by atoms with Crippen LogP contribution in [-0.2, 0) is 17.9 Å². The van der Waals surface area contributed by atoms with Gasteiger partial charge in [-0.3, -0.25) is 9.59 Å². The Morgan fingerprint density at radius 2 is 1.91 bits per heavy atom. The van der Waals surface area contributed by atoms with E-state index in [9.17, 15) is 9.59 Å². The van der Waals surface area contributed by atoms with Gasteiger partial charge in [0.2, 0.25) is 5.91 Å². The van der Waals surface area contributed by atoms with E-state index in [1.54, 1.807) is 30.5 Å². The first-order valence-corrected chi connectivity index (χ1v) is 12.2. The number of carbonyl (C=O) groups is 2. The second-order valence-corrected chi connectivity index (χ2v) is 10.1. The Bertz CT molecular complexity index is 1200. The summed E-state index contributed by atoms with van der Waals surface area (Å²) in [6, 6.07) is 9.68. The predicted octanol–water partition coefficient (Wildman–Crippen LogP) is 4.19. The number of nitrogens with zero attached hydrogens (tertiary/aromatic N) is 2. The van der Waals surface area contributed by atoms with Crippen LogP contribution in [0.5, 0.6) is 11.5 Å². The molecule has 1 unspecified atom stereocenters. The molecule has 5 rings (SSSR count). The quantitative estimate of drug-likeness (QED) is 0.590. The van der Waals surface area contributed by atoms with E-state index in [1.807, 2.05) is 47.2 Å². The molecule has 0 saturated heterocycles. The van der Waals surface area contributed by atoms with Gasteiger partial charge in [0.15, 0.2) is 0 Å². The molecule has 174 valence electrons. The monoisotopic (exact) mass is 467 g/mol. The molecule has 2 amide bonds. The molecule has 1 fully saturated rings. The molecular weight excluding hydrogens is 438 g/mol.